The molecular weight excluding hydrogens is 426 g/mol. The van der Waals surface area contributed by atoms with Crippen LogP contribution in [0.3, 0.4) is 0 Å². The summed E-state index contributed by atoms with van der Waals surface area (Å²) in [6, 6.07) is 5.96. The fraction of sp³-hybridized carbons (Fsp3) is 0.500. The monoisotopic (exact) mass is 447 g/mol. The highest BCUT2D eigenvalue weighted by Crippen LogP contribution is 2.35. The zero-order valence-electron chi connectivity index (χ0n) is 16.3. The van der Waals surface area contributed by atoms with Gasteiger partial charge in [0, 0.05) is 19.5 Å². The van der Waals surface area contributed by atoms with Gasteiger partial charge in [0.15, 0.2) is 11.5 Å². The molecule has 0 unspecified atom stereocenters. The molecule has 1 N–H and O–H groups in total. The molecule has 3 rings (SSSR count). The molecule has 164 valence electrons. The van der Waals surface area contributed by atoms with Gasteiger partial charge < -0.3 is 5.11 Å². The van der Waals surface area contributed by atoms with Gasteiger partial charge in [-0.2, -0.15) is 18.3 Å². The molecule has 1 aromatic carbocycles. The third-order valence-electron chi connectivity index (χ3n) is 5.36. The van der Waals surface area contributed by atoms with Crippen molar-refractivity contribution in [3.05, 3.63) is 52.1 Å². The summed E-state index contributed by atoms with van der Waals surface area (Å²) in [5, 5.41) is 13.7. The van der Waals surface area contributed by atoms with Crippen LogP contribution in [0.1, 0.15) is 29.8 Å². The molecule has 1 aromatic heterocycles. The quantitative estimate of drug-likeness (QED) is 0.687. The van der Waals surface area contributed by atoms with Gasteiger partial charge in [-0.1, -0.05) is 23.7 Å². The molecule has 1 aliphatic heterocycles. The van der Waals surface area contributed by atoms with E-state index in [4.69, 9.17) is 11.6 Å². The summed E-state index contributed by atoms with van der Waals surface area (Å²) in [7, 11) is 0. The molecule has 0 radical (unpaired) electrons. The number of Topliss-reactive ketones (excluding diaryl/α,β-unsaturated/α-hetero) is 1. The fourth-order valence-electron chi connectivity index (χ4n) is 3.61. The first-order valence-corrected chi connectivity index (χ1v) is 9.86. The van der Waals surface area contributed by atoms with Crippen molar-refractivity contribution in [2.75, 3.05) is 19.6 Å². The maximum absolute atomic E-state index is 13.0. The van der Waals surface area contributed by atoms with Crippen LogP contribution in [0.5, 0.6) is 0 Å². The molecule has 0 amide bonds. The predicted octanol–water partition coefficient (Wildman–Crippen LogP) is 3.64. The van der Waals surface area contributed by atoms with Gasteiger partial charge in [0.25, 0.3) is 0 Å². The Morgan fingerprint density at radius 1 is 1.20 bits per heavy atom. The molecule has 0 spiro atoms. The number of rotatable bonds is 6. The third kappa shape index (κ3) is 5.39. The standard InChI is InChI=1S/C20H22ClF4N3O2/c1-13-17(21)18(20(23,24)25)26-28(13)12-16(29)11-27-8-6-19(30,7-9-27)10-14-2-4-15(22)5-3-14/h2-5,30H,6-12H2,1H3. The summed E-state index contributed by atoms with van der Waals surface area (Å²) in [5.41, 5.74) is -1.22. The van der Waals surface area contributed by atoms with Crippen molar-refractivity contribution in [1.29, 1.82) is 0 Å². The van der Waals surface area contributed by atoms with Crippen LogP contribution in [0.15, 0.2) is 24.3 Å². The second-order valence-corrected chi connectivity index (χ2v) is 8.12. The molecule has 0 aliphatic carbocycles. The van der Waals surface area contributed by atoms with Crippen LogP contribution in [0.2, 0.25) is 5.02 Å². The van der Waals surface area contributed by atoms with E-state index in [1.54, 1.807) is 12.1 Å². The molecule has 1 fully saturated rings. The van der Waals surface area contributed by atoms with Gasteiger partial charge in [-0.3, -0.25) is 14.4 Å². The van der Waals surface area contributed by atoms with Gasteiger partial charge >= 0.3 is 6.18 Å². The van der Waals surface area contributed by atoms with E-state index < -0.39 is 22.5 Å². The number of hydrogen-bond donors (Lipinski definition) is 1. The summed E-state index contributed by atoms with van der Waals surface area (Å²) in [5.74, 6) is -0.634. The first-order valence-electron chi connectivity index (χ1n) is 9.48. The Bertz CT molecular complexity index is 904. The lowest BCUT2D eigenvalue weighted by Gasteiger charge is -2.38. The number of ketones is 1. The number of benzene rings is 1. The smallest absolute Gasteiger partial charge is 0.389 e. The lowest BCUT2D eigenvalue weighted by Crippen LogP contribution is -2.47. The van der Waals surface area contributed by atoms with Gasteiger partial charge in [-0.25, -0.2) is 4.39 Å². The number of aromatic nitrogens is 2. The molecule has 1 aliphatic rings. The van der Waals surface area contributed by atoms with Gasteiger partial charge in [0.2, 0.25) is 0 Å². The maximum atomic E-state index is 13.0. The van der Waals surface area contributed by atoms with Crippen molar-refractivity contribution >= 4 is 17.4 Å². The molecule has 0 bridgehead atoms. The number of aliphatic hydroxyl groups is 1. The largest absolute Gasteiger partial charge is 0.436 e. The van der Waals surface area contributed by atoms with Crippen molar-refractivity contribution in [2.45, 2.75) is 44.5 Å². The number of hydrogen-bond acceptors (Lipinski definition) is 4. The Morgan fingerprint density at radius 2 is 1.80 bits per heavy atom. The molecule has 5 nitrogen and oxygen atoms in total. The molecule has 30 heavy (non-hydrogen) atoms. The first-order chi connectivity index (χ1) is 14.0. The van der Waals surface area contributed by atoms with E-state index in [-0.39, 0.29) is 30.4 Å². The summed E-state index contributed by atoms with van der Waals surface area (Å²) >= 11 is 5.71. The zero-order chi connectivity index (χ0) is 22.1. The number of piperidine rings is 1. The van der Waals surface area contributed by atoms with Crippen LogP contribution in [0.25, 0.3) is 0 Å². The Morgan fingerprint density at radius 3 is 2.33 bits per heavy atom. The van der Waals surface area contributed by atoms with E-state index in [0.717, 1.165) is 10.2 Å². The lowest BCUT2D eigenvalue weighted by atomic mass is 9.85. The number of carbonyl (C=O) groups is 1. The Kier molecular flexibility index (Phi) is 6.54. The van der Waals surface area contributed by atoms with Crippen LogP contribution in [0.4, 0.5) is 17.6 Å². The predicted molar refractivity (Wildman–Crippen MR) is 103 cm³/mol. The normalized spacial score (nSPS) is 17.3. The SMILES string of the molecule is Cc1c(Cl)c(C(F)(F)F)nn1CC(=O)CN1CCC(O)(Cc2ccc(F)cc2)CC1. The number of halogens is 5. The lowest BCUT2D eigenvalue weighted by molar-refractivity contribution is -0.141. The van der Waals surface area contributed by atoms with Crippen LogP contribution < -0.4 is 0 Å². The van der Waals surface area contributed by atoms with E-state index in [1.165, 1.54) is 19.1 Å². The second kappa shape index (κ2) is 8.64. The van der Waals surface area contributed by atoms with Gasteiger partial charge in [0.1, 0.15) is 12.4 Å². The van der Waals surface area contributed by atoms with Crippen LogP contribution in [-0.4, -0.2) is 50.8 Å². The van der Waals surface area contributed by atoms with E-state index in [9.17, 15) is 27.5 Å². The van der Waals surface area contributed by atoms with E-state index in [0.29, 0.717) is 32.4 Å². The van der Waals surface area contributed by atoms with E-state index in [1.807, 2.05) is 4.90 Å². The highest BCUT2D eigenvalue weighted by atomic mass is 35.5. The minimum Gasteiger partial charge on any atom is -0.389 e. The molecule has 2 heterocycles. The first kappa shape index (κ1) is 22.7. The summed E-state index contributed by atoms with van der Waals surface area (Å²) in [4.78, 5) is 14.2. The topological polar surface area (TPSA) is 58.4 Å². The minimum absolute atomic E-state index is 0.0465. The van der Waals surface area contributed by atoms with Gasteiger partial charge in [-0.05, 0) is 37.5 Å². The summed E-state index contributed by atoms with van der Waals surface area (Å²) in [6.07, 6.45) is -3.43. The van der Waals surface area contributed by atoms with Crippen molar-refractivity contribution in [1.82, 2.24) is 14.7 Å². The molecule has 10 heteroatoms. The van der Waals surface area contributed by atoms with Crippen LogP contribution in [0, 0.1) is 12.7 Å². The van der Waals surface area contributed by atoms with Crippen molar-refractivity contribution in [3.8, 4) is 0 Å². The third-order valence-corrected chi connectivity index (χ3v) is 5.81. The minimum atomic E-state index is -4.68. The summed E-state index contributed by atoms with van der Waals surface area (Å²) in [6.45, 7) is 2.06. The second-order valence-electron chi connectivity index (χ2n) is 7.75. The van der Waals surface area contributed by atoms with E-state index in [2.05, 4.69) is 5.10 Å². The number of nitrogens with zero attached hydrogens (tertiary/aromatic N) is 3. The van der Waals surface area contributed by atoms with Gasteiger partial charge in [-0.15, -0.1) is 0 Å². The number of alkyl halides is 3. The van der Waals surface area contributed by atoms with E-state index >= 15 is 0 Å². The highest BCUT2D eigenvalue weighted by Gasteiger charge is 2.38. The maximum Gasteiger partial charge on any atom is 0.436 e. The molecule has 2 aromatic rings. The molecular formula is C20H22ClF4N3O2. The Labute approximate surface area is 176 Å². The van der Waals surface area contributed by atoms with Gasteiger partial charge in [0.05, 0.1) is 22.9 Å². The zero-order valence-corrected chi connectivity index (χ0v) is 17.1. The van der Waals surface area contributed by atoms with Crippen LogP contribution >= 0.6 is 11.6 Å². The number of likely N-dealkylation sites (tertiary alicyclic amines) is 1. The Balaban J connectivity index is 1.54. The highest BCUT2D eigenvalue weighted by molar-refractivity contribution is 6.32. The average molecular weight is 448 g/mol. The van der Waals surface area contributed by atoms with Crippen molar-refractivity contribution in [2.24, 2.45) is 0 Å². The van der Waals surface area contributed by atoms with Crippen LogP contribution in [-0.2, 0) is 23.9 Å². The molecule has 1 saturated heterocycles. The summed E-state index contributed by atoms with van der Waals surface area (Å²) < 4.78 is 52.7. The van der Waals surface area contributed by atoms with Crippen molar-refractivity contribution < 1.29 is 27.5 Å². The molecule has 0 saturated carbocycles. The Hall–Kier alpha value is -1.97. The van der Waals surface area contributed by atoms with Crippen molar-refractivity contribution in [3.63, 3.8) is 0 Å². The fourth-order valence-corrected chi connectivity index (χ4v) is 3.85. The average Bonchev–Trinajstić information content (AvgIpc) is 2.94. The molecule has 0 atom stereocenters. The number of carbonyl (C=O) groups excluding carboxylic acids is 1.